The van der Waals surface area contributed by atoms with E-state index in [9.17, 15) is 14.7 Å². The average Bonchev–Trinajstić information content (AvgIpc) is 2.89. The highest BCUT2D eigenvalue weighted by molar-refractivity contribution is 5.78. The van der Waals surface area contributed by atoms with Crippen LogP contribution in [0.2, 0.25) is 0 Å². The van der Waals surface area contributed by atoms with Crippen molar-refractivity contribution < 1.29 is 33.6 Å². The quantitative estimate of drug-likeness (QED) is 0.356. The van der Waals surface area contributed by atoms with Gasteiger partial charge in [-0.2, -0.15) is 0 Å². The van der Waals surface area contributed by atoms with Crippen molar-refractivity contribution in [1.29, 1.82) is 0 Å². The molecule has 0 bridgehead atoms. The minimum absolute atomic E-state index is 0.109. The van der Waals surface area contributed by atoms with Gasteiger partial charge in [0.1, 0.15) is 5.75 Å². The Labute approximate surface area is 214 Å². The van der Waals surface area contributed by atoms with Crippen molar-refractivity contribution in [2.24, 2.45) is 0 Å². The van der Waals surface area contributed by atoms with Crippen molar-refractivity contribution >= 4 is 11.9 Å². The summed E-state index contributed by atoms with van der Waals surface area (Å²) < 4.78 is 22.3. The van der Waals surface area contributed by atoms with Crippen molar-refractivity contribution in [2.75, 3.05) is 34.0 Å². The first-order valence-electron chi connectivity index (χ1n) is 12.4. The number of benzene rings is 2. The normalized spacial score (nSPS) is 12.5. The third kappa shape index (κ3) is 7.62. The fourth-order valence-electron chi connectivity index (χ4n) is 4.04. The molecule has 2 rings (SSSR count). The lowest BCUT2D eigenvalue weighted by Gasteiger charge is -2.28. The van der Waals surface area contributed by atoms with Gasteiger partial charge in [-0.1, -0.05) is 44.5 Å². The molecule has 0 spiro atoms. The summed E-state index contributed by atoms with van der Waals surface area (Å²) in [6, 6.07) is 12.7. The molecule has 0 heterocycles. The van der Waals surface area contributed by atoms with Crippen LogP contribution in [-0.4, -0.2) is 61.5 Å². The zero-order chi connectivity index (χ0) is 26.6. The molecule has 0 unspecified atom stereocenters. The van der Waals surface area contributed by atoms with Crippen LogP contribution >= 0.6 is 0 Å². The molecule has 8 heteroatoms. The second kappa shape index (κ2) is 14.3. The summed E-state index contributed by atoms with van der Waals surface area (Å²) in [6.07, 6.45) is 2.43. The Balaban J connectivity index is 2.07. The van der Waals surface area contributed by atoms with Gasteiger partial charge in [-0.3, -0.25) is 4.79 Å². The van der Waals surface area contributed by atoms with Gasteiger partial charge >= 0.3 is 5.97 Å². The maximum atomic E-state index is 13.1. The van der Waals surface area contributed by atoms with E-state index in [2.05, 4.69) is 6.92 Å². The molecule has 0 saturated heterocycles. The Bertz CT molecular complexity index is 976. The van der Waals surface area contributed by atoms with Crippen LogP contribution in [0.5, 0.6) is 17.2 Å². The van der Waals surface area contributed by atoms with Crippen molar-refractivity contribution in [3.8, 4) is 17.2 Å². The van der Waals surface area contributed by atoms with Crippen LogP contribution < -0.4 is 14.2 Å². The summed E-state index contributed by atoms with van der Waals surface area (Å²) in [5.74, 6) is 0.661. The second-order valence-corrected chi connectivity index (χ2v) is 8.52. The Kier molecular flexibility index (Phi) is 11.5. The molecule has 0 fully saturated rings. The van der Waals surface area contributed by atoms with Gasteiger partial charge in [0.05, 0.1) is 14.2 Å². The Morgan fingerprint density at radius 2 is 1.72 bits per heavy atom. The van der Waals surface area contributed by atoms with Gasteiger partial charge in [0.2, 0.25) is 0 Å². The third-order valence-corrected chi connectivity index (χ3v) is 6.14. The highest BCUT2D eigenvalue weighted by Crippen LogP contribution is 2.31. The van der Waals surface area contributed by atoms with Crippen LogP contribution in [0.4, 0.5) is 0 Å². The smallest absolute Gasteiger partial charge is 0.336 e. The standard InChI is InChI=1S/C28H39NO7/c1-6-9-17-29(19-22-11-10-12-24(33-4)26(22)34-5)25(30)20-35-23-15-13-21(14-16-23)18-28(7-2,27(31)32)36-8-3/h10-16H,6-9,17-20H2,1-5H3,(H,31,32)/t28-/m0/s1. The fraction of sp³-hybridized carbons (Fsp3) is 0.500. The van der Waals surface area contributed by atoms with Crippen LogP contribution in [0.15, 0.2) is 42.5 Å². The number of carboxylic acid groups (broad SMARTS) is 1. The number of methoxy groups -OCH3 is 2. The maximum Gasteiger partial charge on any atom is 0.336 e. The molecular formula is C28H39NO7. The second-order valence-electron chi connectivity index (χ2n) is 8.52. The number of rotatable bonds is 16. The number of hydrogen-bond acceptors (Lipinski definition) is 6. The zero-order valence-electron chi connectivity index (χ0n) is 22.0. The minimum Gasteiger partial charge on any atom is -0.493 e. The molecule has 0 radical (unpaired) electrons. The Morgan fingerprint density at radius 3 is 2.28 bits per heavy atom. The van der Waals surface area contributed by atoms with Crippen molar-refractivity contribution in [3.63, 3.8) is 0 Å². The summed E-state index contributed by atoms with van der Waals surface area (Å²) in [7, 11) is 3.17. The van der Waals surface area contributed by atoms with E-state index in [1.54, 1.807) is 45.1 Å². The van der Waals surface area contributed by atoms with Crippen LogP contribution in [-0.2, 0) is 27.3 Å². The van der Waals surface area contributed by atoms with Gasteiger partial charge in [-0.25, -0.2) is 4.79 Å². The molecule has 8 nitrogen and oxygen atoms in total. The number of nitrogens with zero attached hydrogens (tertiary/aromatic N) is 1. The summed E-state index contributed by atoms with van der Waals surface area (Å²) in [5, 5.41) is 9.69. The molecule has 0 aliphatic rings. The SMILES string of the molecule is CCCCN(Cc1cccc(OC)c1OC)C(=O)COc1ccc(C[C@](CC)(OCC)C(=O)O)cc1. The van der Waals surface area contributed by atoms with Gasteiger partial charge in [0.25, 0.3) is 5.91 Å². The van der Waals surface area contributed by atoms with E-state index in [1.807, 2.05) is 30.3 Å². The predicted octanol–water partition coefficient (Wildman–Crippen LogP) is 4.72. The molecule has 0 aliphatic heterocycles. The van der Waals surface area contributed by atoms with Gasteiger partial charge < -0.3 is 29.0 Å². The number of carboxylic acids is 1. The summed E-state index contributed by atoms with van der Waals surface area (Å²) in [6.45, 7) is 6.86. The van der Waals surface area contributed by atoms with E-state index in [1.165, 1.54) is 0 Å². The molecule has 1 N–H and O–H groups in total. The summed E-state index contributed by atoms with van der Waals surface area (Å²) in [4.78, 5) is 26.7. The maximum absolute atomic E-state index is 13.1. The zero-order valence-corrected chi connectivity index (χ0v) is 22.0. The molecule has 36 heavy (non-hydrogen) atoms. The molecule has 0 saturated carbocycles. The lowest BCUT2D eigenvalue weighted by molar-refractivity contribution is -0.166. The number of carbonyl (C=O) groups excluding carboxylic acids is 1. The molecule has 1 amide bonds. The lowest BCUT2D eigenvalue weighted by Crippen LogP contribution is -2.43. The number of amides is 1. The molecule has 2 aromatic carbocycles. The number of aliphatic carboxylic acids is 1. The molecule has 2 aromatic rings. The summed E-state index contributed by atoms with van der Waals surface area (Å²) >= 11 is 0. The van der Waals surface area contributed by atoms with Crippen molar-refractivity contribution in [1.82, 2.24) is 4.90 Å². The monoisotopic (exact) mass is 501 g/mol. The fourth-order valence-corrected chi connectivity index (χ4v) is 4.04. The van der Waals surface area contributed by atoms with E-state index in [-0.39, 0.29) is 18.9 Å². The highest BCUT2D eigenvalue weighted by atomic mass is 16.5. The summed E-state index contributed by atoms with van der Waals surface area (Å²) in [5.41, 5.74) is 0.424. The molecule has 1 atom stereocenters. The Hall–Kier alpha value is -3.26. The van der Waals surface area contributed by atoms with Crippen molar-refractivity contribution in [3.05, 3.63) is 53.6 Å². The van der Waals surface area contributed by atoms with Gasteiger partial charge in [-0.15, -0.1) is 0 Å². The largest absolute Gasteiger partial charge is 0.493 e. The number of unbranched alkanes of at least 4 members (excludes halogenated alkanes) is 1. The molecule has 198 valence electrons. The third-order valence-electron chi connectivity index (χ3n) is 6.14. The number of ether oxygens (including phenoxy) is 4. The lowest BCUT2D eigenvalue weighted by atomic mass is 9.91. The number of carbonyl (C=O) groups is 2. The predicted molar refractivity (Wildman–Crippen MR) is 138 cm³/mol. The van der Waals surface area contributed by atoms with E-state index < -0.39 is 11.6 Å². The topological polar surface area (TPSA) is 94.5 Å². The van der Waals surface area contributed by atoms with Crippen molar-refractivity contribution in [2.45, 2.75) is 58.6 Å². The first-order chi connectivity index (χ1) is 17.3. The van der Waals surface area contributed by atoms with Gasteiger partial charge in [0, 0.05) is 31.7 Å². The number of hydrogen-bond donors (Lipinski definition) is 1. The molecule has 0 aromatic heterocycles. The molecule has 0 aliphatic carbocycles. The van der Waals surface area contributed by atoms with Crippen LogP contribution in [0.3, 0.4) is 0 Å². The first kappa shape index (κ1) is 29.0. The van der Waals surface area contributed by atoms with E-state index in [4.69, 9.17) is 18.9 Å². The minimum atomic E-state index is -1.26. The van der Waals surface area contributed by atoms with Crippen LogP contribution in [0.1, 0.15) is 51.2 Å². The van der Waals surface area contributed by atoms with Gasteiger partial charge in [-0.05, 0) is 43.5 Å². The number of para-hydroxylation sites is 1. The van der Waals surface area contributed by atoms with Gasteiger partial charge in [0.15, 0.2) is 23.7 Å². The Morgan fingerprint density at radius 1 is 1.00 bits per heavy atom. The van der Waals surface area contributed by atoms with E-state index in [0.717, 1.165) is 24.0 Å². The van der Waals surface area contributed by atoms with Crippen LogP contribution in [0, 0.1) is 0 Å². The average molecular weight is 502 g/mol. The molecular weight excluding hydrogens is 462 g/mol. The van der Waals surface area contributed by atoms with E-state index in [0.29, 0.717) is 43.4 Å². The van der Waals surface area contributed by atoms with E-state index >= 15 is 0 Å². The first-order valence-corrected chi connectivity index (χ1v) is 12.4. The van der Waals surface area contributed by atoms with Crippen LogP contribution in [0.25, 0.3) is 0 Å². The highest BCUT2D eigenvalue weighted by Gasteiger charge is 2.37.